The minimum absolute atomic E-state index is 0.0359. The van der Waals surface area contributed by atoms with Crippen LogP contribution in [0.2, 0.25) is 0 Å². The molecular weight excluding hydrogens is 399 g/mol. The Labute approximate surface area is 164 Å². The van der Waals surface area contributed by atoms with Crippen LogP contribution in [0.1, 0.15) is 24.0 Å². The molecule has 0 radical (unpaired) electrons. The van der Waals surface area contributed by atoms with E-state index in [9.17, 15) is 22.0 Å². The number of rotatable bonds is 6. The Balaban J connectivity index is 1.82. The SMILES string of the molecule is COc1cc(OC(F)(F)F)ccc1Oc1cc(OC2CC(F)(F)C2)cc(C)c1C. The van der Waals surface area contributed by atoms with E-state index in [2.05, 4.69) is 4.74 Å². The summed E-state index contributed by atoms with van der Waals surface area (Å²) in [5.74, 6) is -2.20. The van der Waals surface area contributed by atoms with E-state index in [4.69, 9.17) is 14.2 Å². The lowest BCUT2D eigenvalue weighted by Crippen LogP contribution is -2.43. The van der Waals surface area contributed by atoms with Crippen molar-refractivity contribution in [3.8, 4) is 28.7 Å². The molecule has 1 aliphatic rings. The number of benzene rings is 2. The maximum absolute atomic E-state index is 13.0. The quantitative estimate of drug-likeness (QED) is 0.525. The fourth-order valence-corrected chi connectivity index (χ4v) is 2.90. The molecule has 29 heavy (non-hydrogen) atoms. The first-order chi connectivity index (χ1) is 13.5. The van der Waals surface area contributed by atoms with E-state index in [1.54, 1.807) is 19.1 Å². The van der Waals surface area contributed by atoms with Gasteiger partial charge in [-0.3, -0.25) is 0 Å². The number of ether oxygens (including phenoxy) is 4. The van der Waals surface area contributed by atoms with Gasteiger partial charge in [0.05, 0.1) is 7.11 Å². The van der Waals surface area contributed by atoms with Crippen molar-refractivity contribution in [2.45, 2.75) is 45.1 Å². The van der Waals surface area contributed by atoms with Crippen LogP contribution in [-0.4, -0.2) is 25.5 Å². The summed E-state index contributed by atoms with van der Waals surface area (Å²) in [6, 6.07) is 6.72. The van der Waals surface area contributed by atoms with Gasteiger partial charge in [-0.1, -0.05) is 0 Å². The van der Waals surface area contributed by atoms with Crippen molar-refractivity contribution in [2.75, 3.05) is 7.11 Å². The Morgan fingerprint density at radius 1 is 0.931 bits per heavy atom. The van der Waals surface area contributed by atoms with E-state index < -0.39 is 24.1 Å². The Bertz CT molecular complexity index is 887. The largest absolute Gasteiger partial charge is 0.573 e. The summed E-state index contributed by atoms with van der Waals surface area (Å²) in [6.07, 6.45) is -6.09. The lowest BCUT2D eigenvalue weighted by molar-refractivity contribution is -0.274. The van der Waals surface area contributed by atoms with Crippen molar-refractivity contribution >= 4 is 0 Å². The van der Waals surface area contributed by atoms with Crippen molar-refractivity contribution in [1.29, 1.82) is 0 Å². The van der Waals surface area contributed by atoms with Gasteiger partial charge in [-0.2, -0.15) is 0 Å². The highest BCUT2D eigenvalue weighted by atomic mass is 19.4. The van der Waals surface area contributed by atoms with Crippen LogP contribution in [-0.2, 0) is 0 Å². The van der Waals surface area contributed by atoms with Crippen LogP contribution in [0.4, 0.5) is 22.0 Å². The van der Waals surface area contributed by atoms with Crippen LogP contribution in [0.3, 0.4) is 0 Å². The standard InChI is InChI=1S/C20H19F5O4/c1-11-6-14(27-15-9-19(21,22)10-15)8-17(12(11)2)28-16-5-4-13(7-18(16)26-3)29-20(23,24)25/h4-8,15H,9-10H2,1-3H3. The van der Waals surface area contributed by atoms with Crippen LogP contribution in [0, 0.1) is 13.8 Å². The number of methoxy groups -OCH3 is 1. The molecule has 1 aliphatic carbocycles. The molecule has 1 fully saturated rings. The summed E-state index contributed by atoms with van der Waals surface area (Å²) >= 11 is 0. The van der Waals surface area contributed by atoms with Gasteiger partial charge in [0.15, 0.2) is 11.5 Å². The topological polar surface area (TPSA) is 36.9 Å². The zero-order chi connectivity index (χ0) is 21.4. The van der Waals surface area contributed by atoms with Crippen molar-refractivity contribution in [3.05, 3.63) is 41.5 Å². The Morgan fingerprint density at radius 3 is 2.17 bits per heavy atom. The fourth-order valence-electron chi connectivity index (χ4n) is 2.90. The average Bonchev–Trinajstić information content (AvgIpc) is 2.57. The van der Waals surface area contributed by atoms with Crippen molar-refractivity contribution in [3.63, 3.8) is 0 Å². The lowest BCUT2D eigenvalue weighted by Gasteiger charge is -2.35. The highest BCUT2D eigenvalue weighted by molar-refractivity contribution is 5.51. The minimum atomic E-state index is -4.83. The smallest absolute Gasteiger partial charge is 0.493 e. The van der Waals surface area contributed by atoms with Gasteiger partial charge < -0.3 is 18.9 Å². The Morgan fingerprint density at radius 2 is 1.59 bits per heavy atom. The van der Waals surface area contributed by atoms with E-state index in [1.165, 1.54) is 13.2 Å². The summed E-state index contributed by atoms with van der Waals surface area (Å²) < 4.78 is 83.6. The van der Waals surface area contributed by atoms with Crippen LogP contribution >= 0.6 is 0 Å². The van der Waals surface area contributed by atoms with E-state index >= 15 is 0 Å². The first-order valence-electron chi connectivity index (χ1n) is 8.73. The molecule has 2 aromatic carbocycles. The molecule has 0 atom stereocenters. The molecule has 0 N–H and O–H groups in total. The normalized spacial score (nSPS) is 16.1. The van der Waals surface area contributed by atoms with Gasteiger partial charge in [0.25, 0.3) is 5.92 Å². The van der Waals surface area contributed by atoms with Crippen molar-refractivity contribution in [1.82, 2.24) is 0 Å². The second-order valence-corrected chi connectivity index (χ2v) is 6.83. The monoisotopic (exact) mass is 418 g/mol. The van der Waals surface area contributed by atoms with Gasteiger partial charge in [-0.25, -0.2) is 8.78 Å². The summed E-state index contributed by atoms with van der Waals surface area (Å²) in [4.78, 5) is 0. The molecule has 9 heteroatoms. The first kappa shape index (κ1) is 21.0. The van der Waals surface area contributed by atoms with E-state index in [0.717, 1.165) is 23.3 Å². The Hall–Kier alpha value is -2.71. The second-order valence-electron chi connectivity index (χ2n) is 6.83. The third-order valence-corrected chi connectivity index (χ3v) is 4.54. The predicted molar refractivity (Wildman–Crippen MR) is 94.3 cm³/mol. The molecule has 158 valence electrons. The van der Waals surface area contributed by atoms with E-state index in [0.29, 0.717) is 11.5 Å². The number of hydrogen-bond acceptors (Lipinski definition) is 4. The van der Waals surface area contributed by atoms with Crippen LogP contribution in [0.15, 0.2) is 30.3 Å². The van der Waals surface area contributed by atoms with Gasteiger partial charge in [0.1, 0.15) is 23.4 Å². The maximum Gasteiger partial charge on any atom is 0.573 e. The zero-order valence-corrected chi connectivity index (χ0v) is 15.9. The molecule has 0 bridgehead atoms. The minimum Gasteiger partial charge on any atom is -0.493 e. The molecule has 4 nitrogen and oxygen atoms in total. The molecule has 0 aliphatic heterocycles. The van der Waals surface area contributed by atoms with Gasteiger partial charge in [0, 0.05) is 25.0 Å². The molecule has 3 rings (SSSR count). The molecule has 0 spiro atoms. The van der Waals surface area contributed by atoms with Crippen molar-refractivity contribution in [2.24, 2.45) is 0 Å². The van der Waals surface area contributed by atoms with Crippen LogP contribution in [0.25, 0.3) is 0 Å². The lowest BCUT2D eigenvalue weighted by atomic mass is 9.91. The first-order valence-corrected chi connectivity index (χ1v) is 8.73. The molecule has 1 saturated carbocycles. The molecule has 0 aromatic heterocycles. The second kappa shape index (κ2) is 7.61. The maximum atomic E-state index is 13.0. The number of aryl methyl sites for hydroxylation is 1. The number of alkyl halides is 5. The molecule has 0 amide bonds. The van der Waals surface area contributed by atoms with Gasteiger partial charge in [0.2, 0.25) is 0 Å². The third kappa shape index (κ3) is 5.21. The zero-order valence-electron chi connectivity index (χ0n) is 15.9. The molecule has 2 aromatic rings. The Kier molecular flexibility index (Phi) is 5.51. The van der Waals surface area contributed by atoms with Crippen molar-refractivity contribution < 1.29 is 40.9 Å². The number of halogens is 5. The summed E-state index contributed by atoms with van der Waals surface area (Å²) in [7, 11) is 1.29. The highest BCUT2D eigenvalue weighted by Gasteiger charge is 2.47. The van der Waals surface area contributed by atoms with Crippen LogP contribution in [0.5, 0.6) is 28.7 Å². The number of hydrogen-bond donors (Lipinski definition) is 0. The summed E-state index contributed by atoms with van der Waals surface area (Å²) in [5.41, 5.74) is 1.56. The summed E-state index contributed by atoms with van der Waals surface area (Å²) in [6.45, 7) is 3.60. The predicted octanol–water partition coefficient (Wildman–Crippen LogP) is 6.18. The van der Waals surface area contributed by atoms with Gasteiger partial charge in [-0.05, 0) is 43.2 Å². The van der Waals surface area contributed by atoms with E-state index in [1.807, 2.05) is 6.92 Å². The molecular formula is C20H19F5O4. The van der Waals surface area contributed by atoms with Gasteiger partial charge >= 0.3 is 6.36 Å². The van der Waals surface area contributed by atoms with Gasteiger partial charge in [-0.15, -0.1) is 13.2 Å². The highest BCUT2D eigenvalue weighted by Crippen LogP contribution is 2.42. The fraction of sp³-hybridized carbons (Fsp3) is 0.400. The molecule has 0 unspecified atom stereocenters. The molecule has 0 heterocycles. The summed E-state index contributed by atoms with van der Waals surface area (Å²) in [5, 5.41) is 0. The van der Waals surface area contributed by atoms with Crippen LogP contribution < -0.4 is 18.9 Å². The average molecular weight is 418 g/mol. The third-order valence-electron chi connectivity index (χ3n) is 4.54. The van der Waals surface area contributed by atoms with E-state index in [-0.39, 0.29) is 24.3 Å². The molecule has 0 saturated heterocycles.